The van der Waals surface area contributed by atoms with Crippen molar-refractivity contribution in [2.45, 2.75) is 0 Å². The molecule has 0 aliphatic carbocycles. The van der Waals surface area contributed by atoms with Crippen LogP contribution in [0.2, 0.25) is 0 Å². The highest BCUT2D eigenvalue weighted by molar-refractivity contribution is 9.10. The van der Waals surface area contributed by atoms with Gasteiger partial charge in [-0.2, -0.15) is 5.26 Å². The molecule has 20 heavy (non-hydrogen) atoms. The average molecular weight is 334 g/mol. The number of anilines is 2. The molecule has 100 valence electrons. The first-order valence-electron chi connectivity index (χ1n) is 5.57. The third-order valence-electron chi connectivity index (χ3n) is 2.58. The fourth-order valence-corrected chi connectivity index (χ4v) is 2.03. The molecule has 2 aromatic carbocycles. The van der Waals surface area contributed by atoms with Gasteiger partial charge in [0.05, 0.1) is 11.1 Å². The Labute approximate surface area is 123 Å². The minimum Gasteiger partial charge on any atom is -0.399 e. The number of nitrogens with one attached hydrogen (secondary N) is 1. The zero-order valence-corrected chi connectivity index (χ0v) is 11.7. The number of hydrogen-bond donors (Lipinski definition) is 2. The molecule has 0 fully saturated rings. The molecule has 2 aromatic rings. The van der Waals surface area contributed by atoms with Crippen molar-refractivity contribution in [3.63, 3.8) is 0 Å². The van der Waals surface area contributed by atoms with Crippen molar-refractivity contribution in [1.82, 2.24) is 0 Å². The van der Waals surface area contributed by atoms with Gasteiger partial charge in [-0.25, -0.2) is 4.39 Å². The molecule has 0 unspecified atom stereocenters. The van der Waals surface area contributed by atoms with E-state index in [0.717, 1.165) is 6.07 Å². The van der Waals surface area contributed by atoms with E-state index in [1.807, 2.05) is 0 Å². The van der Waals surface area contributed by atoms with Crippen molar-refractivity contribution < 1.29 is 9.18 Å². The van der Waals surface area contributed by atoms with Crippen LogP contribution in [0.5, 0.6) is 0 Å². The third kappa shape index (κ3) is 2.95. The summed E-state index contributed by atoms with van der Waals surface area (Å²) in [6.45, 7) is 0. The number of rotatable bonds is 2. The van der Waals surface area contributed by atoms with Crippen molar-refractivity contribution in [2.24, 2.45) is 0 Å². The van der Waals surface area contributed by atoms with Gasteiger partial charge in [0, 0.05) is 15.8 Å². The summed E-state index contributed by atoms with van der Waals surface area (Å²) in [6, 6.07) is 10.3. The van der Waals surface area contributed by atoms with Gasteiger partial charge in [0.2, 0.25) is 0 Å². The molecule has 0 atom stereocenters. The first kappa shape index (κ1) is 14.0. The molecule has 0 aromatic heterocycles. The monoisotopic (exact) mass is 333 g/mol. The average Bonchev–Trinajstić information content (AvgIpc) is 2.43. The second-order valence-corrected chi connectivity index (χ2v) is 4.85. The standard InChI is InChI=1S/C14H9BrFN3O/c15-12-3-1-9(18)6-11(12)14(20)19-10-2-4-13(16)8(5-10)7-17/h1-6H,18H2,(H,19,20). The molecule has 0 aliphatic heterocycles. The van der Waals surface area contributed by atoms with Gasteiger partial charge in [-0.15, -0.1) is 0 Å². The Hall–Kier alpha value is -2.39. The van der Waals surface area contributed by atoms with Gasteiger partial charge in [-0.05, 0) is 52.3 Å². The van der Waals surface area contributed by atoms with Crippen LogP contribution in [0.4, 0.5) is 15.8 Å². The highest BCUT2D eigenvalue weighted by atomic mass is 79.9. The summed E-state index contributed by atoms with van der Waals surface area (Å²) in [5, 5.41) is 11.3. The van der Waals surface area contributed by atoms with Crippen molar-refractivity contribution in [2.75, 3.05) is 11.1 Å². The van der Waals surface area contributed by atoms with Crippen LogP contribution in [0.25, 0.3) is 0 Å². The fourth-order valence-electron chi connectivity index (χ4n) is 1.60. The quantitative estimate of drug-likeness (QED) is 0.827. The van der Waals surface area contributed by atoms with Gasteiger partial charge in [0.1, 0.15) is 11.9 Å². The summed E-state index contributed by atoms with van der Waals surface area (Å²) in [5.74, 6) is -1.03. The Balaban J connectivity index is 2.28. The van der Waals surface area contributed by atoms with E-state index in [0.29, 0.717) is 21.4 Å². The SMILES string of the molecule is N#Cc1cc(NC(=O)c2cc(N)ccc2Br)ccc1F. The predicted molar refractivity (Wildman–Crippen MR) is 77.6 cm³/mol. The van der Waals surface area contributed by atoms with Gasteiger partial charge in [-0.3, -0.25) is 4.79 Å². The second kappa shape index (κ2) is 5.72. The van der Waals surface area contributed by atoms with E-state index in [9.17, 15) is 9.18 Å². The fraction of sp³-hybridized carbons (Fsp3) is 0. The van der Waals surface area contributed by atoms with Crippen molar-refractivity contribution in [1.29, 1.82) is 5.26 Å². The number of nitrogen functional groups attached to an aromatic ring is 1. The molecule has 4 nitrogen and oxygen atoms in total. The summed E-state index contributed by atoms with van der Waals surface area (Å²) in [6.07, 6.45) is 0. The van der Waals surface area contributed by atoms with Crippen LogP contribution >= 0.6 is 15.9 Å². The molecule has 2 rings (SSSR count). The summed E-state index contributed by atoms with van der Waals surface area (Å²) in [5.41, 5.74) is 6.64. The molecule has 3 N–H and O–H groups in total. The van der Waals surface area contributed by atoms with E-state index < -0.39 is 11.7 Å². The summed E-state index contributed by atoms with van der Waals surface area (Å²) >= 11 is 3.26. The van der Waals surface area contributed by atoms with Gasteiger partial charge >= 0.3 is 0 Å². The number of nitriles is 1. The number of nitrogens with zero attached hydrogens (tertiary/aromatic N) is 1. The van der Waals surface area contributed by atoms with Crippen LogP contribution in [-0.4, -0.2) is 5.91 Å². The molecule has 0 spiro atoms. The minimum absolute atomic E-state index is 0.130. The Morgan fingerprint density at radius 3 is 2.75 bits per heavy atom. The van der Waals surface area contributed by atoms with Crippen LogP contribution in [0.1, 0.15) is 15.9 Å². The molecule has 0 heterocycles. The van der Waals surface area contributed by atoms with Gasteiger partial charge < -0.3 is 11.1 Å². The number of hydrogen-bond acceptors (Lipinski definition) is 3. The van der Waals surface area contributed by atoms with Crippen molar-refractivity contribution >= 4 is 33.2 Å². The van der Waals surface area contributed by atoms with E-state index in [1.165, 1.54) is 18.2 Å². The predicted octanol–water partition coefficient (Wildman–Crippen LogP) is 3.29. The second-order valence-electron chi connectivity index (χ2n) is 4.00. The molecular formula is C14H9BrFN3O. The largest absolute Gasteiger partial charge is 0.399 e. The number of nitrogens with two attached hydrogens (primary N) is 1. The maximum atomic E-state index is 13.2. The number of carbonyl (C=O) groups excluding carboxylic acids is 1. The van der Waals surface area contributed by atoms with E-state index in [-0.39, 0.29) is 5.56 Å². The highest BCUT2D eigenvalue weighted by Gasteiger charge is 2.12. The number of carbonyl (C=O) groups is 1. The van der Waals surface area contributed by atoms with E-state index in [4.69, 9.17) is 11.0 Å². The van der Waals surface area contributed by atoms with Gasteiger partial charge in [0.15, 0.2) is 0 Å². The van der Waals surface area contributed by atoms with Crippen molar-refractivity contribution in [3.05, 3.63) is 57.8 Å². The Morgan fingerprint density at radius 2 is 2.05 bits per heavy atom. The van der Waals surface area contributed by atoms with Crippen molar-refractivity contribution in [3.8, 4) is 6.07 Å². The van der Waals surface area contributed by atoms with Crippen LogP contribution < -0.4 is 11.1 Å². The lowest BCUT2D eigenvalue weighted by atomic mass is 10.1. The zero-order chi connectivity index (χ0) is 14.7. The molecule has 0 aliphatic rings. The Bertz CT molecular complexity index is 725. The highest BCUT2D eigenvalue weighted by Crippen LogP contribution is 2.21. The maximum Gasteiger partial charge on any atom is 0.256 e. The lowest BCUT2D eigenvalue weighted by Crippen LogP contribution is -2.13. The number of benzene rings is 2. The normalized spacial score (nSPS) is 9.85. The number of amides is 1. The van der Waals surface area contributed by atoms with Gasteiger partial charge in [-0.1, -0.05) is 0 Å². The van der Waals surface area contributed by atoms with E-state index in [2.05, 4.69) is 21.2 Å². The van der Waals surface area contributed by atoms with Crippen LogP contribution in [-0.2, 0) is 0 Å². The summed E-state index contributed by atoms with van der Waals surface area (Å²) in [7, 11) is 0. The zero-order valence-electron chi connectivity index (χ0n) is 10.2. The lowest BCUT2D eigenvalue weighted by molar-refractivity contribution is 0.102. The minimum atomic E-state index is -0.629. The lowest BCUT2D eigenvalue weighted by Gasteiger charge is -2.08. The molecule has 0 saturated heterocycles. The molecule has 1 amide bonds. The Morgan fingerprint density at radius 1 is 1.30 bits per heavy atom. The molecule has 0 saturated carbocycles. The smallest absolute Gasteiger partial charge is 0.256 e. The molecular weight excluding hydrogens is 325 g/mol. The first-order valence-corrected chi connectivity index (χ1v) is 6.36. The van der Waals surface area contributed by atoms with Gasteiger partial charge in [0.25, 0.3) is 5.91 Å². The number of halogens is 2. The van der Waals surface area contributed by atoms with Crippen LogP contribution in [0.15, 0.2) is 40.9 Å². The maximum absolute atomic E-state index is 13.2. The summed E-state index contributed by atoms with van der Waals surface area (Å²) in [4.78, 5) is 12.1. The summed E-state index contributed by atoms with van der Waals surface area (Å²) < 4.78 is 13.8. The topological polar surface area (TPSA) is 78.9 Å². The third-order valence-corrected chi connectivity index (χ3v) is 3.27. The molecule has 0 radical (unpaired) electrons. The van der Waals surface area contributed by atoms with Crippen LogP contribution in [0.3, 0.4) is 0 Å². The molecule has 6 heteroatoms. The Kier molecular flexibility index (Phi) is 4.01. The van der Waals surface area contributed by atoms with E-state index >= 15 is 0 Å². The first-order chi connectivity index (χ1) is 9.51. The molecule has 0 bridgehead atoms. The van der Waals surface area contributed by atoms with Crippen LogP contribution in [0, 0.1) is 17.1 Å². The van der Waals surface area contributed by atoms with E-state index in [1.54, 1.807) is 18.2 Å².